The van der Waals surface area contributed by atoms with Gasteiger partial charge in [-0.3, -0.25) is 4.79 Å². The van der Waals surface area contributed by atoms with Gasteiger partial charge >= 0.3 is 0 Å². The summed E-state index contributed by atoms with van der Waals surface area (Å²) >= 11 is 0. The number of amides is 1. The second-order valence-corrected chi connectivity index (χ2v) is 4.36. The monoisotopic (exact) mass is 236 g/mol. The predicted octanol–water partition coefficient (Wildman–Crippen LogP) is 1.21. The van der Waals surface area contributed by atoms with E-state index in [1.165, 1.54) is 0 Å². The molecule has 5 nitrogen and oxygen atoms in total. The summed E-state index contributed by atoms with van der Waals surface area (Å²) in [7, 11) is 3.88. The van der Waals surface area contributed by atoms with Crippen molar-refractivity contribution in [2.75, 3.05) is 24.3 Å². The summed E-state index contributed by atoms with van der Waals surface area (Å²) in [5.74, 6) is 0.526. The van der Waals surface area contributed by atoms with E-state index in [0.717, 1.165) is 5.69 Å². The molecule has 94 valence electrons. The molecule has 0 fully saturated rings. The molecule has 0 bridgehead atoms. The molecule has 0 saturated heterocycles. The largest absolute Gasteiger partial charge is 0.376 e. The first kappa shape index (κ1) is 13.4. The quantitative estimate of drug-likeness (QED) is 0.806. The molecule has 0 aromatic carbocycles. The number of aromatic nitrogens is 1. The first-order valence-corrected chi connectivity index (χ1v) is 5.68. The molecule has 17 heavy (non-hydrogen) atoms. The third-order valence-electron chi connectivity index (χ3n) is 2.36. The SMILES string of the molecule is CC(N)CCC(=O)Nc1ccc(N(C)C)cn1. The van der Waals surface area contributed by atoms with Crippen molar-refractivity contribution in [2.45, 2.75) is 25.8 Å². The highest BCUT2D eigenvalue weighted by molar-refractivity contribution is 5.89. The van der Waals surface area contributed by atoms with Crippen LogP contribution in [-0.2, 0) is 4.79 Å². The lowest BCUT2D eigenvalue weighted by molar-refractivity contribution is -0.116. The summed E-state index contributed by atoms with van der Waals surface area (Å²) in [5, 5.41) is 2.74. The van der Waals surface area contributed by atoms with Crippen LogP contribution >= 0.6 is 0 Å². The number of nitrogens with two attached hydrogens (primary N) is 1. The van der Waals surface area contributed by atoms with Crippen LogP contribution in [0.2, 0.25) is 0 Å². The molecule has 0 aliphatic rings. The lowest BCUT2D eigenvalue weighted by Gasteiger charge is -2.12. The second kappa shape index (κ2) is 6.20. The lowest BCUT2D eigenvalue weighted by atomic mass is 10.2. The molecule has 1 aromatic rings. The van der Waals surface area contributed by atoms with Crippen LogP contribution < -0.4 is 16.0 Å². The Morgan fingerprint density at radius 2 is 2.24 bits per heavy atom. The third-order valence-corrected chi connectivity index (χ3v) is 2.36. The van der Waals surface area contributed by atoms with Crippen molar-refractivity contribution >= 4 is 17.4 Å². The van der Waals surface area contributed by atoms with Gasteiger partial charge in [0, 0.05) is 26.6 Å². The fourth-order valence-corrected chi connectivity index (χ4v) is 1.29. The minimum Gasteiger partial charge on any atom is -0.376 e. The molecule has 1 atom stereocenters. The number of anilines is 2. The zero-order chi connectivity index (χ0) is 12.8. The van der Waals surface area contributed by atoms with Gasteiger partial charge in [0.25, 0.3) is 0 Å². The molecule has 0 saturated carbocycles. The third kappa shape index (κ3) is 4.82. The van der Waals surface area contributed by atoms with E-state index in [2.05, 4.69) is 10.3 Å². The first-order chi connectivity index (χ1) is 7.99. The number of nitrogens with one attached hydrogen (secondary N) is 1. The number of nitrogens with zero attached hydrogens (tertiary/aromatic N) is 2. The van der Waals surface area contributed by atoms with Crippen LogP contribution in [0.5, 0.6) is 0 Å². The normalized spacial score (nSPS) is 12.0. The average molecular weight is 236 g/mol. The maximum absolute atomic E-state index is 11.5. The first-order valence-electron chi connectivity index (χ1n) is 5.68. The molecule has 0 aliphatic carbocycles. The maximum Gasteiger partial charge on any atom is 0.225 e. The summed E-state index contributed by atoms with van der Waals surface area (Å²) in [6.45, 7) is 1.89. The number of hydrogen-bond donors (Lipinski definition) is 2. The Labute approximate surface area is 102 Å². The van der Waals surface area contributed by atoms with Gasteiger partial charge in [-0.25, -0.2) is 4.98 Å². The highest BCUT2D eigenvalue weighted by Crippen LogP contribution is 2.12. The lowest BCUT2D eigenvalue weighted by Crippen LogP contribution is -2.19. The zero-order valence-electron chi connectivity index (χ0n) is 10.6. The number of hydrogen-bond acceptors (Lipinski definition) is 4. The highest BCUT2D eigenvalue weighted by Gasteiger charge is 2.05. The molecule has 1 heterocycles. The summed E-state index contributed by atoms with van der Waals surface area (Å²) in [6, 6.07) is 3.75. The Bertz CT molecular complexity index is 359. The molecule has 0 aliphatic heterocycles. The molecular formula is C12H20N4O. The number of carbonyl (C=O) groups excluding carboxylic acids is 1. The molecule has 3 N–H and O–H groups in total. The van der Waals surface area contributed by atoms with Crippen LogP contribution in [0.4, 0.5) is 11.5 Å². The smallest absolute Gasteiger partial charge is 0.225 e. The van der Waals surface area contributed by atoms with Gasteiger partial charge in [-0.15, -0.1) is 0 Å². The van der Waals surface area contributed by atoms with E-state index in [4.69, 9.17) is 5.73 Å². The van der Waals surface area contributed by atoms with E-state index in [0.29, 0.717) is 18.7 Å². The molecule has 1 unspecified atom stereocenters. The average Bonchev–Trinajstić information content (AvgIpc) is 2.27. The second-order valence-electron chi connectivity index (χ2n) is 4.36. The van der Waals surface area contributed by atoms with E-state index in [1.807, 2.05) is 32.0 Å². The van der Waals surface area contributed by atoms with Gasteiger partial charge in [0.2, 0.25) is 5.91 Å². The van der Waals surface area contributed by atoms with Gasteiger partial charge in [0.1, 0.15) is 5.82 Å². The van der Waals surface area contributed by atoms with Crippen molar-refractivity contribution in [1.29, 1.82) is 0 Å². The van der Waals surface area contributed by atoms with E-state index in [9.17, 15) is 4.79 Å². The topological polar surface area (TPSA) is 71.2 Å². The van der Waals surface area contributed by atoms with Gasteiger partial charge in [-0.05, 0) is 25.5 Å². The van der Waals surface area contributed by atoms with Crippen molar-refractivity contribution < 1.29 is 4.79 Å². The standard InChI is InChI=1S/C12H20N4O/c1-9(13)4-7-12(17)15-11-6-5-10(8-14-11)16(2)3/h5-6,8-9H,4,7,13H2,1-3H3,(H,14,15,17). The van der Waals surface area contributed by atoms with Gasteiger partial charge in [-0.2, -0.15) is 0 Å². The molecule has 0 radical (unpaired) electrons. The minimum absolute atomic E-state index is 0.0461. The molecule has 1 amide bonds. The molecule has 1 rings (SSSR count). The zero-order valence-corrected chi connectivity index (χ0v) is 10.6. The van der Waals surface area contributed by atoms with Gasteiger partial charge in [0.05, 0.1) is 11.9 Å². The van der Waals surface area contributed by atoms with Gasteiger partial charge in [-0.1, -0.05) is 0 Å². The summed E-state index contributed by atoms with van der Waals surface area (Å²) < 4.78 is 0. The summed E-state index contributed by atoms with van der Waals surface area (Å²) in [4.78, 5) is 17.6. The summed E-state index contributed by atoms with van der Waals surface area (Å²) in [6.07, 6.45) is 2.83. The maximum atomic E-state index is 11.5. The fraction of sp³-hybridized carbons (Fsp3) is 0.500. The summed E-state index contributed by atoms with van der Waals surface area (Å²) in [5.41, 5.74) is 6.58. The Balaban J connectivity index is 2.48. The predicted molar refractivity (Wildman–Crippen MR) is 70.1 cm³/mol. The molecular weight excluding hydrogens is 216 g/mol. The molecule has 0 spiro atoms. The Kier molecular flexibility index (Phi) is 4.90. The van der Waals surface area contributed by atoms with Crippen molar-refractivity contribution in [1.82, 2.24) is 4.98 Å². The minimum atomic E-state index is -0.0487. The van der Waals surface area contributed by atoms with Gasteiger partial charge in [0.15, 0.2) is 0 Å². The highest BCUT2D eigenvalue weighted by atomic mass is 16.1. The van der Waals surface area contributed by atoms with Crippen LogP contribution in [0, 0.1) is 0 Å². The van der Waals surface area contributed by atoms with Crippen molar-refractivity contribution in [3.63, 3.8) is 0 Å². The van der Waals surface area contributed by atoms with Crippen molar-refractivity contribution in [3.8, 4) is 0 Å². The van der Waals surface area contributed by atoms with Gasteiger partial charge < -0.3 is 16.0 Å². The van der Waals surface area contributed by atoms with Crippen LogP contribution in [0.3, 0.4) is 0 Å². The Morgan fingerprint density at radius 3 is 2.71 bits per heavy atom. The van der Waals surface area contributed by atoms with Crippen molar-refractivity contribution in [2.24, 2.45) is 5.73 Å². The molecule has 1 aromatic heterocycles. The van der Waals surface area contributed by atoms with Crippen LogP contribution in [0.15, 0.2) is 18.3 Å². The number of pyridine rings is 1. The fourth-order valence-electron chi connectivity index (χ4n) is 1.29. The van der Waals surface area contributed by atoms with E-state index >= 15 is 0 Å². The van der Waals surface area contributed by atoms with Crippen molar-refractivity contribution in [3.05, 3.63) is 18.3 Å². The Hall–Kier alpha value is -1.62. The Morgan fingerprint density at radius 1 is 1.53 bits per heavy atom. The van der Waals surface area contributed by atoms with Crippen LogP contribution in [0.1, 0.15) is 19.8 Å². The number of carbonyl (C=O) groups is 1. The van der Waals surface area contributed by atoms with E-state index < -0.39 is 0 Å². The van der Waals surface area contributed by atoms with E-state index in [1.54, 1.807) is 12.3 Å². The molecule has 5 heteroatoms. The van der Waals surface area contributed by atoms with Crippen LogP contribution in [-0.4, -0.2) is 31.0 Å². The van der Waals surface area contributed by atoms with Crippen LogP contribution in [0.25, 0.3) is 0 Å². The van der Waals surface area contributed by atoms with E-state index in [-0.39, 0.29) is 11.9 Å². The number of rotatable bonds is 5.